The molecule has 0 radical (unpaired) electrons. The van der Waals surface area contributed by atoms with Gasteiger partial charge in [-0.25, -0.2) is 0 Å². The molecule has 0 atom stereocenters. The van der Waals surface area contributed by atoms with Crippen LogP contribution in [-0.2, 0) is 0 Å². The first-order chi connectivity index (χ1) is 6.99. The maximum atomic E-state index is 9.99. The van der Waals surface area contributed by atoms with Crippen LogP contribution in [0.5, 0.6) is 0 Å². The van der Waals surface area contributed by atoms with Gasteiger partial charge in [0.25, 0.3) is 0 Å². The fourth-order valence-corrected chi connectivity index (χ4v) is 4.09. The number of rotatable bonds is 8. The highest BCUT2D eigenvalue weighted by molar-refractivity contribution is 6.65. The van der Waals surface area contributed by atoms with Crippen LogP contribution in [0, 0.1) is 0 Å². The van der Waals surface area contributed by atoms with E-state index in [0.29, 0.717) is 12.3 Å². The minimum absolute atomic E-state index is 0.455. The summed E-state index contributed by atoms with van der Waals surface area (Å²) < 4.78 is 0. The smallest absolute Gasteiger partial charge is 0.361 e. The molecular formula is C10H26N2O2Si. The van der Waals surface area contributed by atoms with Crippen LogP contribution >= 0.6 is 0 Å². The second kappa shape index (κ2) is 7.35. The van der Waals surface area contributed by atoms with E-state index in [4.69, 9.17) is 0 Å². The van der Waals surface area contributed by atoms with Gasteiger partial charge >= 0.3 is 8.56 Å². The van der Waals surface area contributed by atoms with Gasteiger partial charge in [0.2, 0.25) is 0 Å². The largest absolute Gasteiger partial charge is 0.409 e. The summed E-state index contributed by atoms with van der Waals surface area (Å²) in [5.41, 5.74) is 0. The van der Waals surface area contributed by atoms with Gasteiger partial charge in [-0.1, -0.05) is 27.7 Å². The first-order valence-corrected chi connectivity index (χ1v) is 8.19. The van der Waals surface area contributed by atoms with Gasteiger partial charge in [-0.3, -0.25) is 0 Å². The van der Waals surface area contributed by atoms with E-state index in [1.54, 1.807) is 0 Å². The standard InChI is InChI=1S/C10H26N2O2Si/c1-5-11(6-2)9-15(13,14)10-12(7-3)8-4/h13-14H,5-10H2,1-4H3. The third kappa shape index (κ3) is 6.27. The molecule has 0 unspecified atom stereocenters. The molecule has 92 valence electrons. The van der Waals surface area contributed by atoms with Crippen LogP contribution < -0.4 is 0 Å². The summed E-state index contributed by atoms with van der Waals surface area (Å²) >= 11 is 0. The predicted molar refractivity (Wildman–Crippen MR) is 65.8 cm³/mol. The van der Waals surface area contributed by atoms with Gasteiger partial charge in [0, 0.05) is 12.3 Å². The predicted octanol–water partition coefficient (Wildman–Crippen LogP) is 0.175. The second-order valence-electron chi connectivity index (χ2n) is 3.91. The third-order valence-electron chi connectivity index (χ3n) is 2.74. The fraction of sp³-hybridized carbons (Fsp3) is 1.00. The van der Waals surface area contributed by atoms with Gasteiger partial charge < -0.3 is 19.4 Å². The van der Waals surface area contributed by atoms with E-state index in [1.165, 1.54) is 0 Å². The Balaban J connectivity index is 4.14. The van der Waals surface area contributed by atoms with Gasteiger partial charge in [-0.2, -0.15) is 0 Å². The van der Waals surface area contributed by atoms with Crippen molar-refractivity contribution in [3.63, 3.8) is 0 Å². The lowest BCUT2D eigenvalue weighted by atomic mass is 10.6. The van der Waals surface area contributed by atoms with Crippen LogP contribution in [0.1, 0.15) is 27.7 Å². The van der Waals surface area contributed by atoms with Crippen LogP contribution in [0.25, 0.3) is 0 Å². The van der Waals surface area contributed by atoms with Crippen molar-refractivity contribution in [2.75, 3.05) is 38.5 Å². The first kappa shape index (κ1) is 15.1. The monoisotopic (exact) mass is 234 g/mol. The van der Waals surface area contributed by atoms with Crippen molar-refractivity contribution in [2.24, 2.45) is 0 Å². The molecule has 4 nitrogen and oxygen atoms in total. The van der Waals surface area contributed by atoms with Crippen molar-refractivity contribution < 1.29 is 9.59 Å². The quantitative estimate of drug-likeness (QED) is 0.588. The van der Waals surface area contributed by atoms with Crippen LogP contribution in [0.15, 0.2) is 0 Å². The van der Waals surface area contributed by atoms with Crippen LogP contribution in [0.2, 0.25) is 0 Å². The average molecular weight is 234 g/mol. The van der Waals surface area contributed by atoms with Crippen molar-refractivity contribution in [1.29, 1.82) is 0 Å². The lowest BCUT2D eigenvalue weighted by Gasteiger charge is -2.30. The molecule has 15 heavy (non-hydrogen) atoms. The lowest BCUT2D eigenvalue weighted by molar-refractivity contribution is 0.238. The molecule has 0 aromatic rings. The molecule has 0 saturated heterocycles. The van der Waals surface area contributed by atoms with Crippen LogP contribution in [0.3, 0.4) is 0 Å². The Hall–Kier alpha value is 0.0569. The lowest BCUT2D eigenvalue weighted by Crippen LogP contribution is -2.56. The molecule has 0 fully saturated rings. The number of nitrogens with zero attached hydrogens (tertiary/aromatic N) is 2. The highest BCUT2D eigenvalue weighted by Gasteiger charge is 2.32. The van der Waals surface area contributed by atoms with E-state index < -0.39 is 8.56 Å². The summed E-state index contributed by atoms with van der Waals surface area (Å²) in [5, 5.41) is 0. The molecule has 0 aromatic heterocycles. The fourth-order valence-electron chi connectivity index (χ4n) is 1.66. The van der Waals surface area contributed by atoms with E-state index in [0.717, 1.165) is 26.2 Å². The van der Waals surface area contributed by atoms with Gasteiger partial charge in [0.1, 0.15) is 0 Å². The van der Waals surface area contributed by atoms with Crippen molar-refractivity contribution in [3.05, 3.63) is 0 Å². The summed E-state index contributed by atoms with van der Waals surface area (Å²) in [7, 11) is -3.06. The van der Waals surface area contributed by atoms with Gasteiger partial charge in [0.15, 0.2) is 0 Å². The molecule has 0 aromatic carbocycles. The normalized spacial score (nSPS) is 12.8. The number of hydrogen-bond donors (Lipinski definition) is 2. The summed E-state index contributed by atoms with van der Waals surface area (Å²) in [4.78, 5) is 24.1. The Morgan fingerprint density at radius 1 is 0.733 bits per heavy atom. The average Bonchev–Trinajstić information content (AvgIpc) is 2.22. The van der Waals surface area contributed by atoms with E-state index in [9.17, 15) is 9.59 Å². The maximum absolute atomic E-state index is 9.99. The molecule has 2 N–H and O–H groups in total. The van der Waals surface area contributed by atoms with Crippen molar-refractivity contribution in [2.45, 2.75) is 27.7 Å². The molecule has 5 heteroatoms. The highest BCUT2D eigenvalue weighted by Crippen LogP contribution is 2.01. The van der Waals surface area contributed by atoms with Crippen molar-refractivity contribution >= 4 is 8.56 Å². The Morgan fingerprint density at radius 2 is 1.00 bits per heavy atom. The zero-order chi connectivity index (χ0) is 11.9. The maximum Gasteiger partial charge on any atom is 0.361 e. The summed E-state index contributed by atoms with van der Waals surface area (Å²) in [5.74, 6) is 0. The Bertz CT molecular complexity index is 144. The van der Waals surface area contributed by atoms with Gasteiger partial charge in [-0.05, 0) is 26.2 Å². The number of hydrogen-bond acceptors (Lipinski definition) is 4. The molecular weight excluding hydrogens is 208 g/mol. The molecule has 0 bridgehead atoms. The van der Waals surface area contributed by atoms with Gasteiger partial charge in [-0.15, -0.1) is 0 Å². The summed E-state index contributed by atoms with van der Waals surface area (Å²) in [6, 6.07) is 0. The van der Waals surface area contributed by atoms with Crippen LogP contribution in [-0.4, -0.2) is 66.5 Å². The van der Waals surface area contributed by atoms with E-state index in [2.05, 4.69) is 9.80 Å². The molecule has 0 heterocycles. The van der Waals surface area contributed by atoms with Crippen molar-refractivity contribution in [1.82, 2.24) is 9.80 Å². The highest BCUT2D eigenvalue weighted by atomic mass is 28.4. The zero-order valence-electron chi connectivity index (χ0n) is 10.5. The molecule has 0 rings (SSSR count). The molecule has 0 aliphatic carbocycles. The molecule has 0 aliphatic heterocycles. The van der Waals surface area contributed by atoms with E-state index >= 15 is 0 Å². The summed E-state index contributed by atoms with van der Waals surface area (Å²) in [6.07, 6.45) is 0.910. The molecule has 0 spiro atoms. The summed E-state index contributed by atoms with van der Waals surface area (Å²) in [6.45, 7) is 11.7. The Labute approximate surface area is 94.8 Å². The first-order valence-electron chi connectivity index (χ1n) is 5.88. The molecule has 0 aliphatic rings. The minimum Gasteiger partial charge on any atom is -0.409 e. The van der Waals surface area contributed by atoms with Crippen LogP contribution in [0.4, 0.5) is 0 Å². The zero-order valence-corrected chi connectivity index (χ0v) is 11.5. The van der Waals surface area contributed by atoms with Gasteiger partial charge in [0.05, 0.1) is 0 Å². The van der Waals surface area contributed by atoms with E-state index in [-0.39, 0.29) is 0 Å². The minimum atomic E-state index is -3.06. The topological polar surface area (TPSA) is 46.9 Å². The SMILES string of the molecule is CCN(CC)C[Si](O)(O)CN(CC)CC. The Kier molecular flexibility index (Phi) is 7.38. The molecule has 0 saturated carbocycles. The molecule has 0 amide bonds. The van der Waals surface area contributed by atoms with E-state index in [1.807, 2.05) is 27.7 Å². The third-order valence-corrected chi connectivity index (χ3v) is 4.65. The van der Waals surface area contributed by atoms with Crippen molar-refractivity contribution in [3.8, 4) is 0 Å². The second-order valence-corrected chi connectivity index (χ2v) is 6.50. The Morgan fingerprint density at radius 3 is 1.20 bits per heavy atom.